The summed E-state index contributed by atoms with van der Waals surface area (Å²) < 4.78 is 13.2. The number of hydrogen-bond donors (Lipinski definition) is 3. The van der Waals surface area contributed by atoms with Gasteiger partial charge >= 0.3 is 0 Å². The van der Waals surface area contributed by atoms with Gasteiger partial charge in [-0.25, -0.2) is 4.39 Å². The molecule has 0 aromatic heterocycles. The van der Waals surface area contributed by atoms with Crippen molar-refractivity contribution in [1.29, 1.82) is 0 Å². The molecule has 0 heterocycles. The Hall–Kier alpha value is -1.69. The minimum Gasteiger partial charge on any atom is -0.361 e. The smallest absolute Gasteiger partial charge is 0.272 e. The summed E-state index contributed by atoms with van der Waals surface area (Å²) in [4.78, 5) is 11.5. The highest BCUT2D eigenvalue weighted by Crippen LogP contribution is 2.04. The van der Waals surface area contributed by atoms with Gasteiger partial charge in [0.15, 0.2) is 5.11 Å². The number of benzene rings is 1. The molecular weight excluding hydrogens is 241 g/mol. The monoisotopic (exact) mass is 255 g/mol. The Morgan fingerprint density at radius 1 is 1.35 bits per heavy atom. The predicted molar refractivity (Wildman–Crippen MR) is 67.9 cm³/mol. The summed E-state index contributed by atoms with van der Waals surface area (Å²) in [5, 5.41) is 3.17. The zero-order chi connectivity index (χ0) is 12.7. The van der Waals surface area contributed by atoms with E-state index in [2.05, 4.69) is 16.2 Å². The van der Waals surface area contributed by atoms with E-state index in [-0.39, 0.29) is 5.56 Å². The van der Waals surface area contributed by atoms with Crippen molar-refractivity contribution in [3.05, 3.63) is 35.6 Å². The van der Waals surface area contributed by atoms with Crippen LogP contribution in [0.25, 0.3) is 0 Å². The van der Waals surface area contributed by atoms with Crippen molar-refractivity contribution in [3.63, 3.8) is 0 Å². The molecule has 4 nitrogen and oxygen atoms in total. The van der Waals surface area contributed by atoms with Crippen LogP contribution in [0.3, 0.4) is 0 Å². The van der Waals surface area contributed by atoms with Crippen molar-refractivity contribution in [2.75, 3.05) is 6.54 Å². The summed E-state index contributed by atoms with van der Waals surface area (Å²) >= 11 is 4.89. The van der Waals surface area contributed by atoms with Gasteiger partial charge in [-0.2, -0.15) is 0 Å². The van der Waals surface area contributed by atoms with Crippen LogP contribution < -0.4 is 16.2 Å². The second kappa shape index (κ2) is 6.80. The van der Waals surface area contributed by atoms with Crippen LogP contribution in [0, 0.1) is 5.82 Å². The maximum atomic E-state index is 13.2. The van der Waals surface area contributed by atoms with Crippen molar-refractivity contribution in [1.82, 2.24) is 16.2 Å². The Labute approximate surface area is 105 Å². The van der Waals surface area contributed by atoms with Crippen LogP contribution in [0.5, 0.6) is 0 Å². The van der Waals surface area contributed by atoms with E-state index in [4.69, 9.17) is 12.2 Å². The SMILES string of the molecule is CCCNC(=S)NNC(=O)c1ccccc1F. The number of rotatable bonds is 3. The van der Waals surface area contributed by atoms with E-state index in [0.29, 0.717) is 11.7 Å². The first-order valence-electron chi connectivity index (χ1n) is 5.24. The van der Waals surface area contributed by atoms with E-state index in [0.717, 1.165) is 6.42 Å². The topological polar surface area (TPSA) is 53.2 Å². The van der Waals surface area contributed by atoms with E-state index in [1.165, 1.54) is 18.2 Å². The molecule has 3 N–H and O–H groups in total. The molecule has 0 unspecified atom stereocenters. The molecule has 0 radical (unpaired) electrons. The first-order chi connectivity index (χ1) is 8.15. The zero-order valence-electron chi connectivity index (χ0n) is 9.42. The molecule has 0 atom stereocenters. The second-order valence-electron chi connectivity index (χ2n) is 3.31. The highest BCUT2D eigenvalue weighted by Gasteiger charge is 2.10. The number of hydrazine groups is 1. The number of carbonyl (C=O) groups excluding carboxylic acids is 1. The maximum absolute atomic E-state index is 13.2. The van der Waals surface area contributed by atoms with Crippen LogP contribution in [0.2, 0.25) is 0 Å². The summed E-state index contributed by atoms with van der Waals surface area (Å²) in [6.07, 6.45) is 0.920. The highest BCUT2D eigenvalue weighted by molar-refractivity contribution is 7.80. The molecule has 1 rings (SSSR count). The van der Waals surface area contributed by atoms with E-state index < -0.39 is 11.7 Å². The number of hydrogen-bond acceptors (Lipinski definition) is 2. The molecule has 0 fully saturated rings. The summed E-state index contributed by atoms with van der Waals surface area (Å²) in [5.41, 5.74) is 4.78. The molecule has 6 heteroatoms. The van der Waals surface area contributed by atoms with Gasteiger partial charge in [-0.15, -0.1) is 0 Å². The third kappa shape index (κ3) is 4.36. The van der Waals surface area contributed by atoms with Crippen LogP contribution in [-0.4, -0.2) is 17.6 Å². The van der Waals surface area contributed by atoms with Crippen LogP contribution in [-0.2, 0) is 0 Å². The first-order valence-corrected chi connectivity index (χ1v) is 5.64. The summed E-state index contributed by atoms with van der Waals surface area (Å²) in [5.74, 6) is -1.14. The van der Waals surface area contributed by atoms with E-state index in [9.17, 15) is 9.18 Å². The van der Waals surface area contributed by atoms with Crippen molar-refractivity contribution >= 4 is 23.2 Å². The fourth-order valence-corrected chi connectivity index (χ4v) is 1.26. The summed E-state index contributed by atoms with van der Waals surface area (Å²) in [6.45, 7) is 2.70. The Balaban J connectivity index is 2.45. The Bertz CT molecular complexity index is 411. The molecule has 0 spiro atoms. The molecule has 92 valence electrons. The van der Waals surface area contributed by atoms with Gasteiger partial charge in [-0.05, 0) is 30.8 Å². The standard InChI is InChI=1S/C11H14FN3OS/c1-2-7-13-11(17)15-14-10(16)8-5-3-4-6-9(8)12/h3-6H,2,7H2,1H3,(H,14,16)(H2,13,15,17). The average Bonchev–Trinajstić information content (AvgIpc) is 2.34. The lowest BCUT2D eigenvalue weighted by Gasteiger charge is -2.10. The highest BCUT2D eigenvalue weighted by atomic mass is 32.1. The van der Waals surface area contributed by atoms with Crippen LogP contribution in [0.1, 0.15) is 23.7 Å². The minimum absolute atomic E-state index is 0.0294. The number of nitrogens with one attached hydrogen (secondary N) is 3. The number of halogens is 1. The minimum atomic E-state index is -0.570. The van der Waals surface area contributed by atoms with Crippen molar-refractivity contribution in [3.8, 4) is 0 Å². The Morgan fingerprint density at radius 2 is 2.06 bits per heavy atom. The maximum Gasteiger partial charge on any atom is 0.272 e. The molecule has 1 amide bonds. The quantitative estimate of drug-likeness (QED) is 0.563. The molecule has 0 aliphatic rings. The number of carbonyl (C=O) groups is 1. The normalized spacial score (nSPS) is 9.53. The molecule has 0 saturated carbocycles. The third-order valence-electron chi connectivity index (χ3n) is 1.94. The molecular formula is C11H14FN3OS. The Morgan fingerprint density at radius 3 is 2.71 bits per heavy atom. The molecule has 0 saturated heterocycles. The van der Waals surface area contributed by atoms with Gasteiger partial charge in [-0.3, -0.25) is 15.6 Å². The number of amides is 1. The van der Waals surface area contributed by atoms with Crippen LogP contribution in [0.15, 0.2) is 24.3 Å². The van der Waals surface area contributed by atoms with Crippen molar-refractivity contribution in [2.24, 2.45) is 0 Å². The van der Waals surface area contributed by atoms with Gasteiger partial charge in [0.05, 0.1) is 5.56 Å². The third-order valence-corrected chi connectivity index (χ3v) is 2.19. The van der Waals surface area contributed by atoms with Gasteiger partial charge in [0.25, 0.3) is 5.91 Å². The van der Waals surface area contributed by atoms with Gasteiger partial charge in [0.1, 0.15) is 5.82 Å². The largest absolute Gasteiger partial charge is 0.361 e. The average molecular weight is 255 g/mol. The molecule has 0 aliphatic heterocycles. The lowest BCUT2D eigenvalue weighted by atomic mass is 10.2. The summed E-state index contributed by atoms with van der Waals surface area (Å²) in [6, 6.07) is 5.73. The lowest BCUT2D eigenvalue weighted by Crippen LogP contribution is -2.47. The molecule has 0 aliphatic carbocycles. The van der Waals surface area contributed by atoms with E-state index in [1.54, 1.807) is 6.07 Å². The molecule has 17 heavy (non-hydrogen) atoms. The van der Waals surface area contributed by atoms with Crippen molar-refractivity contribution in [2.45, 2.75) is 13.3 Å². The molecule has 1 aromatic carbocycles. The predicted octanol–water partition coefficient (Wildman–Crippen LogP) is 1.34. The Kier molecular flexibility index (Phi) is 5.35. The van der Waals surface area contributed by atoms with Crippen LogP contribution in [0.4, 0.5) is 4.39 Å². The molecule has 1 aromatic rings. The van der Waals surface area contributed by atoms with E-state index >= 15 is 0 Å². The summed E-state index contributed by atoms with van der Waals surface area (Å²) in [7, 11) is 0. The lowest BCUT2D eigenvalue weighted by molar-refractivity contribution is 0.0939. The van der Waals surface area contributed by atoms with Gasteiger partial charge < -0.3 is 5.32 Å². The zero-order valence-corrected chi connectivity index (χ0v) is 10.2. The van der Waals surface area contributed by atoms with Gasteiger partial charge in [0.2, 0.25) is 0 Å². The fourth-order valence-electron chi connectivity index (χ4n) is 1.11. The van der Waals surface area contributed by atoms with Crippen LogP contribution >= 0.6 is 12.2 Å². The fraction of sp³-hybridized carbons (Fsp3) is 0.273. The van der Waals surface area contributed by atoms with Crippen molar-refractivity contribution < 1.29 is 9.18 Å². The van der Waals surface area contributed by atoms with E-state index in [1.807, 2.05) is 6.92 Å². The second-order valence-corrected chi connectivity index (χ2v) is 3.72. The number of thiocarbonyl (C=S) groups is 1. The first kappa shape index (κ1) is 13.4. The van der Waals surface area contributed by atoms with Gasteiger partial charge in [0, 0.05) is 6.54 Å². The molecule has 0 bridgehead atoms. The van der Waals surface area contributed by atoms with Gasteiger partial charge in [-0.1, -0.05) is 19.1 Å².